The molecule has 4 N–H and O–H groups in total. The summed E-state index contributed by atoms with van der Waals surface area (Å²) in [7, 11) is 0. The molecule has 0 saturated heterocycles. The quantitative estimate of drug-likeness (QED) is 0.280. The van der Waals surface area contributed by atoms with E-state index >= 15 is 0 Å². The van der Waals surface area contributed by atoms with Gasteiger partial charge in [-0.25, -0.2) is 5.84 Å². The van der Waals surface area contributed by atoms with Gasteiger partial charge < -0.3 is 5.32 Å². The summed E-state index contributed by atoms with van der Waals surface area (Å²) in [4.78, 5) is 22.1. The molecule has 0 fully saturated rings. The molecule has 0 unspecified atom stereocenters. The number of nitrogens with two attached hydrogens (primary N) is 1. The number of benzene rings is 1. The second kappa shape index (κ2) is 5.11. The minimum absolute atomic E-state index is 0.633. The third-order valence-electron chi connectivity index (χ3n) is 1.98. The average Bonchev–Trinajstić information content (AvgIpc) is 2.28. The molecule has 1 rings (SSSR count). The van der Waals surface area contributed by atoms with Gasteiger partial charge >= 0.3 is 11.8 Å². The molecule has 5 nitrogen and oxygen atoms in total. The van der Waals surface area contributed by atoms with Gasteiger partial charge in [-0.1, -0.05) is 25.1 Å². The van der Waals surface area contributed by atoms with Gasteiger partial charge in [-0.2, -0.15) is 0 Å². The van der Waals surface area contributed by atoms with Gasteiger partial charge in [-0.05, 0) is 18.1 Å². The fraction of sp³-hybridized carbons (Fsp3) is 0.200. The van der Waals surface area contributed by atoms with Crippen LogP contribution in [0.5, 0.6) is 0 Å². The number of hydrogen-bond donors (Lipinski definition) is 3. The minimum Gasteiger partial charge on any atom is -0.317 e. The second-order valence-electron chi connectivity index (χ2n) is 2.94. The van der Waals surface area contributed by atoms with Crippen LogP contribution in [-0.2, 0) is 16.0 Å². The highest BCUT2D eigenvalue weighted by Gasteiger charge is 2.12. The lowest BCUT2D eigenvalue weighted by Gasteiger charge is -2.08. The summed E-state index contributed by atoms with van der Waals surface area (Å²) in [5, 5.41) is 2.48. The molecule has 2 amide bonds. The molecule has 0 heterocycles. The number of rotatable bonds is 2. The number of amides is 2. The summed E-state index contributed by atoms with van der Waals surface area (Å²) in [5.41, 5.74) is 3.37. The number of carbonyl (C=O) groups excluding carboxylic acids is 2. The van der Waals surface area contributed by atoms with Gasteiger partial charge in [0.25, 0.3) is 0 Å². The molecule has 15 heavy (non-hydrogen) atoms. The zero-order chi connectivity index (χ0) is 11.3. The van der Waals surface area contributed by atoms with Crippen molar-refractivity contribution in [2.75, 3.05) is 5.32 Å². The van der Waals surface area contributed by atoms with E-state index in [9.17, 15) is 9.59 Å². The molecule has 1 aromatic rings. The maximum absolute atomic E-state index is 11.2. The SMILES string of the molecule is CCc1ccccc1NC(=O)C(=O)NN. The van der Waals surface area contributed by atoms with E-state index in [1.165, 1.54) is 0 Å². The first-order valence-electron chi connectivity index (χ1n) is 4.58. The van der Waals surface area contributed by atoms with Crippen LogP contribution in [0.4, 0.5) is 5.69 Å². The number of nitrogens with one attached hydrogen (secondary N) is 2. The van der Waals surface area contributed by atoms with E-state index in [0.29, 0.717) is 5.69 Å². The zero-order valence-corrected chi connectivity index (χ0v) is 8.41. The normalized spacial score (nSPS) is 9.47. The van der Waals surface area contributed by atoms with Crippen molar-refractivity contribution in [2.45, 2.75) is 13.3 Å². The van der Waals surface area contributed by atoms with E-state index in [1.807, 2.05) is 19.1 Å². The average molecular weight is 207 g/mol. The summed E-state index contributed by atoms with van der Waals surface area (Å²) >= 11 is 0. The Morgan fingerprint density at radius 2 is 1.93 bits per heavy atom. The maximum Gasteiger partial charge on any atom is 0.323 e. The Morgan fingerprint density at radius 1 is 1.27 bits per heavy atom. The lowest BCUT2D eigenvalue weighted by atomic mass is 10.1. The fourth-order valence-electron chi connectivity index (χ4n) is 1.20. The molecular formula is C10H13N3O2. The third kappa shape index (κ3) is 2.78. The van der Waals surface area contributed by atoms with Crippen LogP contribution in [0.25, 0.3) is 0 Å². The maximum atomic E-state index is 11.2. The van der Waals surface area contributed by atoms with Crippen molar-refractivity contribution in [3.8, 4) is 0 Å². The van der Waals surface area contributed by atoms with E-state index in [-0.39, 0.29) is 0 Å². The molecule has 0 aromatic heterocycles. The first-order chi connectivity index (χ1) is 7.19. The van der Waals surface area contributed by atoms with Gasteiger partial charge in [0.2, 0.25) is 0 Å². The first kappa shape index (κ1) is 11.2. The number of anilines is 1. The van der Waals surface area contributed by atoms with Gasteiger partial charge in [0.15, 0.2) is 0 Å². The first-order valence-corrected chi connectivity index (χ1v) is 4.58. The van der Waals surface area contributed by atoms with Crippen LogP contribution in [0.3, 0.4) is 0 Å². The summed E-state index contributed by atoms with van der Waals surface area (Å²) in [6, 6.07) is 7.28. The Bertz CT molecular complexity index is 377. The smallest absolute Gasteiger partial charge is 0.317 e. The van der Waals surface area contributed by atoms with Crippen LogP contribution in [0.15, 0.2) is 24.3 Å². The van der Waals surface area contributed by atoms with Crippen LogP contribution in [0.2, 0.25) is 0 Å². The highest BCUT2D eigenvalue weighted by atomic mass is 16.2. The van der Waals surface area contributed by atoms with E-state index in [4.69, 9.17) is 5.84 Å². The second-order valence-corrected chi connectivity index (χ2v) is 2.94. The molecule has 0 aliphatic rings. The number of carbonyl (C=O) groups is 2. The van der Waals surface area contributed by atoms with Crippen molar-refractivity contribution < 1.29 is 9.59 Å². The molecule has 0 saturated carbocycles. The highest BCUT2D eigenvalue weighted by molar-refractivity contribution is 6.39. The minimum atomic E-state index is -0.860. The summed E-state index contributed by atoms with van der Waals surface area (Å²) in [5.74, 6) is 3.21. The van der Waals surface area contributed by atoms with Gasteiger partial charge in [-0.3, -0.25) is 15.0 Å². The third-order valence-corrected chi connectivity index (χ3v) is 1.98. The predicted molar refractivity (Wildman–Crippen MR) is 56.8 cm³/mol. The molecule has 0 aliphatic heterocycles. The molecule has 80 valence electrons. The summed E-state index contributed by atoms with van der Waals surface area (Å²) in [6.07, 6.45) is 0.778. The van der Waals surface area contributed by atoms with Crippen molar-refractivity contribution in [3.05, 3.63) is 29.8 Å². The lowest BCUT2D eigenvalue weighted by Crippen LogP contribution is -2.39. The molecule has 0 aliphatic carbocycles. The van der Waals surface area contributed by atoms with E-state index in [0.717, 1.165) is 12.0 Å². The van der Waals surface area contributed by atoms with E-state index in [1.54, 1.807) is 17.6 Å². The Hall–Kier alpha value is -1.88. The molecule has 5 heteroatoms. The van der Waals surface area contributed by atoms with Gasteiger partial charge in [0.05, 0.1) is 0 Å². The Morgan fingerprint density at radius 3 is 2.53 bits per heavy atom. The van der Waals surface area contributed by atoms with Gasteiger partial charge in [0.1, 0.15) is 0 Å². The van der Waals surface area contributed by atoms with Crippen LogP contribution in [0.1, 0.15) is 12.5 Å². The lowest BCUT2D eigenvalue weighted by molar-refractivity contribution is -0.136. The number of aryl methyl sites for hydroxylation is 1. The standard InChI is InChI=1S/C10H13N3O2/c1-2-7-5-3-4-6-8(7)12-9(14)10(15)13-11/h3-6H,2,11H2,1H3,(H,12,14)(H,13,15). The Balaban J connectivity index is 2.80. The monoisotopic (exact) mass is 207 g/mol. The van der Waals surface area contributed by atoms with Crippen molar-refractivity contribution in [3.63, 3.8) is 0 Å². The molecule has 0 spiro atoms. The molecule has 0 radical (unpaired) electrons. The predicted octanol–water partition coefficient (Wildman–Crippen LogP) is 0.177. The van der Waals surface area contributed by atoms with Crippen molar-refractivity contribution in [2.24, 2.45) is 5.84 Å². The summed E-state index contributed by atoms with van der Waals surface area (Å²) in [6.45, 7) is 1.97. The van der Waals surface area contributed by atoms with Crippen LogP contribution < -0.4 is 16.6 Å². The van der Waals surface area contributed by atoms with Crippen molar-refractivity contribution in [1.82, 2.24) is 5.43 Å². The summed E-state index contributed by atoms with van der Waals surface area (Å²) < 4.78 is 0. The van der Waals surface area contributed by atoms with Crippen LogP contribution >= 0.6 is 0 Å². The molecule has 0 atom stereocenters. The van der Waals surface area contributed by atoms with Crippen LogP contribution in [-0.4, -0.2) is 11.8 Å². The number of para-hydroxylation sites is 1. The Labute approximate surface area is 87.6 Å². The zero-order valence-electron chi connectivity index (χ0n) is 8.41. The van der Waals surface area contributed by atoms with Crippen molar-refractivity contribution in [1.29, 1.82) is 0 Å². The highest BCUT2D eigenvalue weighted by Crippen LogP contribution is 2.14. The Kier molecular flexibility index (Phi) is 3.82. The van der Waals surface area contributed by atoms with Gasteiger partial charge in [0, 0.05) is 5.69 Å². The van der Waals surface area contributed by atoms with E-state index < -0.39 is 11.8 Å². The largest absolute Gasteiger partial charge is 0.323 e. The van der Waals surface area contributed by atoms with Crippen molar-refractivity contribution >= 4 is 17.5 Å². The molecular weight excluding hydrogens is 194 g/mol. The van der Waals surface area contributed by atoms with E-state index in [2.05, 4.69) is 5.32 Å². The number of hydrogen-bond acceptors (Lipinski definition) is 3. The van der Waals surface area contributed by atoms with Crippen LogP contribution in [0, 0.1) is 0 Å². The fourth-order valence-corrected chi connectivity index (χ4v) is 1.20. The molecule has 1 aromatic carbocycles. The number of hydrazine groups is 1. The topological polar surface area (TPSA) is 84.2 Å². The van der Waals surface area contributed by atoms with Gasteiger partial charge in [-0.15, -0.1) is 0 Å². The molecule has 0 bridgehead atoms.